The molecule has 0 aliphatic heterocycles. The van der Waals surface area contributed by atoms with Gasteiger partial charge in [0.25, 0.3) is 0 Å². The number of thiazole rings is 1. The molecule has 1 aromatic rings. The summed E-state index contributed by atoms with van der Waals surface area (Å²) in [6.45, 7) is 9.57. The lowest BCUT2D eigenvalue weighted by Gasteiger charge is -2.21. The maximum atomic E-state index is 11.9. The van der Waals surface area contributed by atoms with Crippen LogP contribution in [0.5, 0.6) is 0 Å². The van der Waals surface area contributed by atoms with Gasteiger partial charge in [-0.25, -0.2) is 4.98 Å². The molecular weight excluding hydrogens is 246 g/mol. The normalized spacial score (nSPS) is 11.6. The molecule has 1 amide bonds. The Labute approximate surface area is 113 Å². The zero-order valence-electron chi connectivity index (χ0n) is 11.9. The Balaban J connectivity index is 2.33. The van der Waals surface area contributed by atoms with Crippen molar-refractivity contribution in [3.8, 4) is 0 Å². The van der Waals surface area contributed by atoms with Crippen molar-refractivity contribution in [3.05, 3.63) is 16.1 Å². The summed E-state index contributed by atoms with van der Waals surface area (Å²) in [4.78, 5) is 18.0. The molecule has 0 aromatic carbocycles. The van der Waals surface area contributed by atoms with E-state index in [1.807, 2.05) is 19.4 Å². The molecule has 0 unspecified atom stereocenters. The molecule has 0 spiro atoms. The first-order chi connectivity index (χ1) is 8.28. The van der Waals surface area contributed by atoms with Gasteiger partial charge in [-0.2, -0.15) is 0 Å². The van der Waals surface area contributed by atoms with E-state index in [1.54, 1.807) is 16.2 Å². The minimum atomic E-state index is 0.0604. The van der Waals surface area contributed by atoms with E-state index in [0.717, 1.165) is 10.7 Å². The van der Waals surface area contributed by atoms with Crippen molar-refractivity contribution in [2.45, 2.75) is 46.2 Å². The molecule has 0 saturated heterocycles. The predicted molar refractivity (Wildman–Crippen MR) is 75.7 cm³/mol. The largest absolute Gasteiger partial charge is 0.340 e. The molecule has 0 bridgehead atoms. The number of rotatable bonds is 5. The zero-order valence-corrected chi connectivity index (χ0v) is 12.7. The first-order valence-electron chi connectivity index (χ1n) is 6.18. The van der Waals surface area contributed by atoms with Gasteiger partial charge >= 0.3 is 0 Å². The maximum absolute atomic E-state index is 11.9. The van der Waals surface area contributed by atoms with Crippen LogP contribution in [-0.4, -0.2) is 34.9 Å². The number of carbonyl (C=O) groups excluding carboxylic acids is 1. The highest BCUT2D eigenvalue weighted by molar-refractivity contribution is 7.09. The van der Waals surface area contributed by atoms with Crippen molar-refractivity contribution in [2.24, 2.45) is 0 Å². The third-order valence-corrected chi connectivity index (χ3v) is 3.31. The number of aryl methyl sites for hydroxylation is 1. The highest BCUT2D eigenvalue weighted by Gasteiger charge is 2.13. The van der Waals surface area contributed by atoms with Crippen LogP contribution in [0.1, 0.15) is 37.9 Å². The number of nitrogens with zero attached hydrogens (tertiary/aromatic N) is 2. The molecule has 102 valence electrons. The van der Waals surface area contributed by atoms with E-state index < -0.39 is 0 Å². The summed E-state index contributed by atoms with van der Waals surface area (Å²) in [5.41, 5.74) is 1.03. The average Bonchev–Trinajstić information content (AvgIpc) is 2.61. The van der Waals surface area contributed by atoms with Crippen LogP contribution in [0.15, 0.2) is 5.38 Å². The van der Waals surface area contributed by atoms with Crippen molar-refractivity contribution >= 4 is 17.2 Å². The van der Waals surface area contributed by atoms with E-state index >= 15 is 0 Å². The standard InChI is InChI=1S/C13H23N3OS/c1-10-15-11(9-18-10)8-16(5)12(17)6-7-14-13(2,3)4/h9,14H,6-8H2,1-5H3. The van der Waals surface area contributed by atoms with Gasteiger partial charge in [0.1, 0.15) is 0 Å². The van der Waals surface area contributed by atoms with Crippen LogP contribution in [0.4, 0.5) is 0 Å². The van der Waals surface area contributed by atoms with Crippen molar-refractivity contribution in [1.82, 2.24) is 15.2 Å². The van der Waals surface area contributed by atoms with Crippen LogP contribution in [0.3, 0.4) is 0 Å². The molecule has 1 heterocycles. The summed E-state index contributed by atoms with van der Waals surface area (Å²) in [5, 5.41) is 6.36. The minimum Gasteiger partial charge on any atom is -0.340 e. The molecule has 4 nitrogen and oxygen atoms in total. The quantitative estimate of drug-likeness (QED) is 0.891. The van der Waals surface area contributed by atoms with E-state index in [4.69, 9.17) is 0 Å². The Kier molecular flexibility index (Phi) is 5.28. The summed E-state index contributed by atoms with van der Waals surface area (Å²) in [7, 11) is 1.83. The van der Waals surface area contributed by atoms with Crippen LogP contribution in [-0.2, 0) is 11.3 Å². The fourth-order valence-electron chi connectivity index (χ4n) is 1.55. The molecule has 1 rings (SSSR count). The van der Waals surface area contributed by atoms with Crippen LogP contribution in [0.25, 0.3) is 0 Å². The first-order valence-corrected chi connectivity index (χ1v) is 7.06. The summed E-state index contributed by atoms with van der Waals surface area (Å²) in [6, 6.07) is 0. The molecule has 5 heteroatoms. The molecule has 0 saturated carbocycles. The van der Waals surface area contributed by atoms with Crippen molar-refractivity contribution in [2.75, 3.05) is 13.6 Å². The van der Waals surface area contributed by atoms with Gasteiger partial charge in [0, 0.05) is 30.9 Å². The third-order valence-electron chi connectivity index (χ3n) is 2.49. The van der Waals surface area contributed by atoms with Crippen LogP contribution in [0.2, 0.25) is 0 Å². The Morgan fingerprint density at radius 3 is 2.67 bits per heavy atom. The predicted octanol–water partition coefficient (Wildman–Crippen LogP) is 2.19. The fraction of sp³-hybridized carbons (Fsp3) is 0.692. The summed E-state index contributed by atoms with van der Waals surface area (Å²) in [6.07, 6.45) is 0.525. The number of nitrogens with one attached hydrogen (secondary N) is 1. The van der Waals surface area contributed by atoms with Crippen LogP contribution >= 0.6 is 11.3 Å². The van der Waals surface area contributed by atoms with Crippen LogP contribution in [0, 0.1) is 6.92 Å². The van der Waals surface area contributed by atoms with Gasteiger partial charge in [0.05, 0.1) is 17.2 Å². The highest BCUT2D eigenvalue weighted by atomic mass is 32.1. The van der Waals surface area contributed by atoms with E-state index in [1.165, 1.54) is 0 Å². The van der Waals surface area contributed by atoms with Crippen molar-refractivity contribution in [3.63, 3.8) is 0 Å². The van der Waals surface area contributed by atoms with Crippen molar-refractivity contribution < 1.29 is 4.79 Å². The van der Waals surface area contributed by atoms with Gasteiger partial charge in [-0.1, -0.05) is 0 Å². The molecule has 0 radical (unpaired) electrons. The molecule has 1 N–H and O–H groups in total. The van der Waals surface area contributed by atoms with Crippen LogP contribution < -0.4 is 5.32 Å². The van der Waals surface area contributed by atoms with Gasteiger partial charge in [-0.15, -0.1) is 11.3 Å². The Morgan fingerprint density at radius 1 is 1.50 bits per heavy atom. The Hall–Kier alpha value is -0.940. The molecule has 0 aliphatic rings. The smallest absolute Gasteiger partial charge is 0.223 e. The Bertz CT molecular complexity index is 395. The fourth-order valence-corrected chi connectivity index (χ4v) is 2.15. The first kappa shape index (κ1) is 15.1. The highest BCUT2D eigenvalue weighted by Crippen LogP contribution is 2.10. The van der Waals surface area contributed by atoms with E-state index in [9.17, 15) is 4.79 Å². The number of amides is 1. The average molecular weight is 269 g/mol. The number of hydrogen-bond acceptors (Lipinski definition) is 4. The lowest BCUT2D eigenvalue weighted by atomic mass is 10.1. The second kappa shape index (κ2) is 6.29. The van der Waals surface area contributed by atoms with E-state index in [-0.39, 0.29) is 11.4 Å². The topological polar surface area (TPSA) is 45.2 Å². The van der Waals surface area contributed by atoms with Crippen molar-refractivity contribution in [1.29, 1.82) is 0 Å². The minimum absolute atomic E-state index is 0.0604. The lowest BCUT2D eigenvalue weighted by molar-refractivity contribution is -0.130. The van der Waals surface area contributed by atoms with Gasteiger partial charge in [-0.3, -0.25) is 4.79 Å². The van der Waals surface area contributed by atoms with Gasteiger partial charge in [-0.05, 0) is 27.7 Å². The van der Waals surface area contributed by atoms with E-state index in [2.05, 4.69) is 31.1 Å². The molecule has 18 heavy (non-hydrogen) atoms. The molecule has 1 aromatic heterocycles. The van der Waals surface area contributed by atoms with Gasteiger partial charge < -0.3 is 10.2 Å². The van der Waals surface area contributed by atoms with Gasteiger partial charge in [0.15, 0.2) is 0 Å². The Morgan fingerprint density at radius 2 is 2.17 bits per heavy atom. The maximum Gasteiger partial charge on any atom is 0.223 e. The second-order valence-electron chi connectivity index (χ2n) is 5.53. The third kappa shape index (κ3) is 5.60. The number of aromatic nitrogens is 1. The number of hydrogen-bond donors (Lipinski definition) is 1. The molecule has 0 atom stereocenters. The lowest BCUT2D eigenvalue weighted by Crippen LogP contribution is -2.38. The molecule has 0 aliphatic carbocycles. The summed E-state index contributed by atoms with van der Waals surface area (Å²) < 4.78 is 0. The summed E-state index contributed by atoms with van der Waals surface area (Å²) in [5.74, 6) is 0.150. The van der Waals surface area contributed by atoms with E-state index in [0.29, 0.717) is 19.5 Å². The zero-order chi connectivity index (χ0) is 13.8. The monoisotopic (exact) mass is 269 g/mol. The SMILES string of the molecule is Cc1nc(CN(C)C(=O)CCNC(C)(C)C)cs1. The summed E-state index contributed by atoms with van der Waals surface area (Å²) >= 11 is 1.62. The molecule has 0 fully saturated rings. The molecular formula is C13H23N3OS. The van der Waals surface area contributed by atoms with Gasteiger partial charge in [0.2, 0.25) is 5.91 Å². The second-order valence-corrected chi connectivity index (χ2v) is 6.60. The number of carbonyl (C=O) groups is 1.